The van der Waals surface area contributed by atoms with E-state index in [9.17, 15) is 9.59 Å². The Morgan fingerprint density at radius 2 is 1.05 bits per heavy atom. The van der Waals surface area contributed by atoms with Crippen molar-refractivity contribution in [1.82, 2.24) is 0 Å². The van der Waals surface area contributed by atoms with E-state index in [0.717, 1.165) is 32.1 Å². The minimum atomic E-state index is -0.200. The topological polar surface area (TPSA) is 52.6 Å². The molecular formula is C16H30O4. The lowest BCUT2D eigenvalue weighted by Crippen LogP contribution is -2.13. The molecule has 0 unspecified atom stereocenters. The monoisotopic (exact) mass is 286 g/mol. The standard InChI is InChI=1S/C16H30O4/c1-3-5-7-8-10-12-16(18)20-14-13-19-15(17)11-9-6-4-2/h3-14H2,1-2H3. The highest BCUT2D eigenvalue weighted by Gasteiger charge is 2.05. The summed E-state index contributed by atoms with van der Waals surface area (Å²) in [6, 6.07) is 0. The average molecular weight is 286 g/mol. The third-order valence-corrected chi connectivity index (χ3v) is 3.08. The van der Waals surface area contributed by atoms with Crippen LogP contribution in [0, 0.1) is 0 Å². The van der Waals surface area contributed by atoms with Gasteiger partial charge in [0.2, 0.25) is 0 Å². The van der Waals surface area contributed by atoms with E-state index in [1.54, 1.807) is 0 Å². The van der Waals surface area contributed by atoms with Crippen molar-refractivity contribution >= 4 is 11.9 Å². The number of carbonyl (C=O) groups is 2. The zero-order chi connectivity index (χ0) is 15.1. The highest BCUT2D eigenvalue weighted by Crippen LogP contribution is 2.05. The average Bonchev–Trinajstić information content (AvgIpc) is 2.44. The van der Waals surface area contributed by atoms with E-state index in [4.69, 9.17) is 9.47 Å². The molecule has 0 aromatic heterocycles. The Labute approximate surface area is 123 Å². The molecule has 0 aliphatic heterocycles. The quantitative estimate of drug-likeness (QED) is 0.379. The maximum Gasteiger partial charge on any atom is 0.305 e. The molecule has 118 valence electrons. The summed E-state index contributed by atoms with van der Waals surface area (Å²) in [6.45, 7) is 4.60. The SMILES string of the molecule is CCCCCCCC(=O)OCCOC(=O)CCCCC. The Morgan fingerprint density at radius 1 is 0.650 bits per heavy atom. The van der Waals surface area contributed by atoms with Gasteiger partial charge in [0.15, 0.2) is 0 Å². The molecule has 0 rings (SSSR count). The van der Waals surface area contributed by atoms with Gasteiger partial charge in [0.25, 0.3) is 0 Å². The van der Waals surface area contributed by atoms with Crippen molar-refractivity contribution < 1.29 is 19.1 Å². The molecule has 0 heterocycles. The minimum absolute atomic E-state index is 0.173. The van der Waals surface area contributed by atoms with E-state index in [2.05, 4.69) is 13.8 Å². The highest BCUT2D eigenvalue weighted by atomic mass is 16.6. The fourth-order valence-electron chi connectivity index (χ4n) is 1.85. The van der Waals surface area contributed by atoms with Gasteiger partial charge >= 0.3 is 11.9 Å². The van der Waals surface area contributed by atoms with Gasteiger partial charge in [-0.15, -0.1) is 0 Å². The second-order valence-electron chi connectivity index (χ2n) is 5.06. The second-order valence-corrected chi connectivity index (χ2v) is 5.06. The molecule has 0 spiro atoms. The predicted octanol–water partition coefficient (Wildman–Crippen LogP) is 4.01. The van der Waals surface area contributed by atoms with E-state index in [1.165, 1.54) is 19.3 Å². The first-order chi connectivity index (χ1) is 9.70. The molecule has 0 aliphatic carbocycles. The van der Waals surface area contributed by atoms with Crippen molar-refractivity contribution in [3.63, 3.8) is 0 Å². The summed E-state index contributed by atoms with van der Waals surface area (Å²) in [6.07, 6.45) is 9.49. The summed E-state index contributed by atoms with van der Waals surface area (Å²) in [7, 11) is 0. The van der Waals surface area contributed by atoms with Crippen molar-refractivity contribution in [2.24, 2.45) is 0 Å². The van der Waals surface area contributed by atoms with Gasteiger partial charge in [0.05, 0.1) is 0 Å². The van der Waals surface area contributed by atoms with Crippen LogP contribution in [0.2, 0.25) is 0 Å². The van der Waals surface area contributed by atoms with Crippen molar-refractivity contribution in [2.45, 2.75) is 78.1 Å². The van der Waals surface area contributed by atoms with Gasteiger partial charge in [0, 0.05) is 12.8 Å². The van der Waals surface area contributed by atoms with Crippen molar-refractivity contribution in [3.05, 3.63) is 0 Å². The summed E-state index contributed by atoms with van der Waals surface area (Å²) in [4.78, 5) is 22.6. The zero-order valence-electron chi connectivity index (χ0n) is 13.1. The molecule has 0 fully saturated rings. The van der Waals surface area contributed by atoms with Crippen LogP contribution in [0.1, 0.15) is 78.1 Å². The molecule has 0 radical (unpaired) electrons. The maximum absolute atomic E-state index is 11.4. The summed E-state index contributed by atoms with van der Waals surface area (Å²) in [5.41, 5.74) is 0. The first kappa shape index (κ1) is 18.9. The second kappa shape index (κ2) is 14.4. The fourth-order valence-corrected chi connectivity index (χ4v) is 1.85. The lowest BCUT2D eigenvalue weighted by atomic mass is 10.1. The van der Waals surface area contributed by atoms with E-state index in [0.29, 0.717) is 12.8 Å². The fraction of sp³-hybridized carbons (Fsp3) is 0.875. The van der Waals surface area contributed by atoms with Gasteiger partial charge in [-0.25, -0.2) is 0 Å². The Balaban J connectivity index is 3.32. The molecule has 0 aromatic carbocycles. The van der Waals surface area contributed by atoms with Crippen molar-refractivity contribution in [3.8, 4) is 0 Å². The van der Waals surface area contributed by atoms with E-state index < -0.39 is 0 Å². The van der Waals surface area contributed by atoms with Crippen LogP contribution in [0.3, 0.4) is 0 Å². The predicted molar refractivity (Wildman–Crippen MR) is 79.4 cm³/mol. The molecule has 0 N–H and O–H groups in total. The number of carbonyl (C=O) groups excluding carboxylic acids is 2. The van der Waals surface area contributed by atoms with Crippen LogP contribution in [0.25, 0.3) is 0 Å². The normalized spacial score (nSPS) is 10.3. The van der Waals surface area contributed by atoms with Crippen LogP contribution < -0.4 is 0 Å². The first-order valence-electron chi connectivity index (χ1n) is 8.02. The third-order valence-electron chi connectivity index (χ3n) is 3.08. The number of esters is 2. The Bertz CT molecular complexity index is 251. The number of unbranched alkanes of at least 4 members (excludes halogenated alkanes) is 6. The zero-order valence-corrected chi connectivity index (χ0v) is 13.1. The summed E-state index contributed by atoms with van der Waals surface area (Å²) < 4.78 is 9.99. The number of rotatable bonds is 13. The molecule has 0 amide bonds. The van der Waals surface area contributed by atoms with Crippen LogP contribution in [-0.2, 0) is 19.1 Å². The smallest absolute Gasteiger partial charge is 0.305 e. The molecular weight excluding hydrogens is 256 g/mol. The number of hydrogen-bond donors (Lipinski definition) is 0. The van der Waals surface area contributed by atoms with Gasteiger partial charge in [-0.3, -0.25) is 9.59 Å². The largest absolute Gasteiger partial charge is 0.462 e. The lowest BCUT2D eigenvalue weighted by Gasteiger charge is -2.06. The maximum atomic E-state index is 11.4. The molecule has 0 saturated carbocycles. The summed E-state index contributed by atoms with van der Waals surface area (Å²) >= 11 is 0. The molecule has 0 aliphatic rings. The van der Waals surface area contributed by atoms with Gasteiger partial charge in [-0.05, 0) is 12.8 Å². The van der Waals surface area contributed by atoms with Crippen LogP contribution in [-0.4, -0.2) is 25.2 Å². The van der Waals surface area contributed by atoms with Gasteiger partial charge in [-0.1, -0.05) is 52.4 Å². The number of hydrogen-bond acceptors (Lipinski definition) is 4. The Hall–Kier alpha value is -1.06. The molecule has 0 bridgehead atoms. The lowest BCUT2D eigenvalue weighted by molar-refractivity contribution is -0.152. The first-order valence-corrected chi connectivity index (χ1v) is 8.02. The Kier molecular flexibility index (Phi) is 13.6. The van der Waals surface area contributed by atoms with Gasteiger partial charge < -0.3 is 9.47 Å². The van der Waals surface area contributed by atoms with E-state index >= 15 is 0 Å². The molecule has 0 aromatic rings. The minimum Gasteiger partial charge on any atom is -0.462 e. The molecule has 20 heavy (non-hydrogen) atoms. The number of ether oxygens (including phenoxy) is 2. The van der Waals surface area contributed by atoms with Crippen LogP contribution in [0.5, 0.6) is 0 Å². The molecule has 0 saturated heterocycles. The summed E-state index contributed by atoms with van der Waals surface area (Å²) in [5, 5.41) is 0. The van der Waals surface area contributed by atoms with Crippen LogP contribution >= 0.6 is 0 Å². The van der Waals surface area contributed by atoms with Crippen molar-refractivity contribution in [1.29, 1.82) is 0 Å². The van der Waals surface area contributed by atoms with Gasteiger partial charge in [0.1, 0.15) is 13.2 Å². The van der Waals surface area contributed by atoms with E-state index in [-0.39, 0.29) is 25.2 Å². The van der Waals surface area contributed by atoms with Crippen LogP contribution in [0.15, 0.2) is 0 Å². The van der Waals surface area contributed by atoms with Crippen molar-refractivity contribution in [2.75, 3.05) is 13.2 Å². The molecule has 0 atom stereocenters. The third kappa shape index (κ3) is 13.4. The summed E-state index contributed by atoms with van der Waals surface area (Å²) in [5.74, 6) is -0.391. The van der Waals surface area contributed by atoms with Gasteiger partial charge in [-0.2, -0.15) is 0 Å². The Morgan fingerprint density at radius 3 is 1.55 bits per heavy atom. The molecule has 4 heteroatoms. The van der Waals surface area contributed by atoms with E-state index in [1.807, 2.05) is 0 Å². The van der Waals surface area contributed by atoms with Crippen LogP contribution in [0.4, 0.5) is 0 Å². The molecule has 4 nitrogen and oxygen atoms in total. The highest BCUT2D eigenvalue weighted by molar-refractivity contribution is 5.70.